The molecule has 0 aromatic carbocycles. The van der Waals surface area contributed by atoms with Crippen LogP contribution in [0.5, 0.6) is 0 Å². The summed E-state index contributed by atoms with van der Waals surface area (Å²) in [6, 6.07) is 0. The van der Waals surface area contributed by atoms with E-state index in [2.05, 4.69) is 41.5 Å². The van der Waals surface area contributed by atoms with Gasteiger partial charge in [0.25, 0.3) is 0 Å². The molecule has 0 amide bonds. The Balaban J connectivity index is 4.54. The summed E-state index contributed by atoms with van der Waals surface area (Å²) in [6.45, 7) is 12.7. The van der Waals surface area contributed by atoms with E-state index in [1.165, 1.54) is 0 Å². The van der Waals surface area contributed by atoms with E-state index in [4.69, 9.17) is 24.2 Å². The Hall–Kier alpha value is 0.315. The van der Waals surface area contributed by atoms with Gasteiger partial charge in [0.05, 0.1) is 19.0 Å². The predicted octanol–water partition coefficient (Wildman–Crippen LogP) is 4.19. The molecule has 1 nitrogen and oxygen atoms in total. The van der Waals surface area contributed by atoms with E-state index in [1.807, 2.05) is 0 Å². The van der Waals surface area contributed by atoms with Gasteiger partial charge < -0.3 is 4.74 Å². The first-order valence-electron chi connectivity index (χ1n) is 6.00. The predicted molar refractivity (Wildman–Crippen MR) is 73.5 cm³/mol. The lowest BCUT2D eigenvalue weighted by atomic mass is 9.69. The van der Waals surface area contributed by atoms with Crippen LogP contribution in [-0.4, -0.2) is 24.9 Å². The highest BCUT2D eigenvalue weighted by Gasteiger charge is 2.33. The zero-order valence-electron chi connectivity index (χ0n) is 11.7. The average molecular weight is 245 g/mol. The molecule has 1 unspecified atom stereocenters. The molecule has 0 saturated heterocycles. The van der Waals surface area contributed by atoms with Crippen LogP contribution < -0.4 is 0 Å². The number of hydrogen-bond acceptors (Lipinski definition) is 1. The Labute approximate surface area is 108 Å². The van der Waals surface area contributed by atoms with Crippen LogP contribution in [-0.2, 0) is 4.74 Å². The fraction of sp³-hybridized carbons (Fsp3) is 1.00. The van der Waals surface area contributed by atoms with Crippen molar-refractivity contribution in [3.8, 4) is 0 Å². The van der Waals surface area contributed by atoms with Gasteiger partial charge in [0.1, 0.15) is 0 Å². The molecule has 0 saturated carbocycles. The van der Waals surface area contributed by atoms with Crippen molar-refractivity contribution in [2.75, 3.05) is 5.88 Å². The normalized spacial score (nSPS) is 17.2. The van der Waals surface area contributed by atoms with Crippen LogP contribution in [0.15, 0.2) is 0 Å². The van der Waals surface area contributed by atoms with Gasteiger partial charge in [-0.05, 0) is 52.9 Å². The summed E-state index contributed by atoms with van der Waals surface area (Å²) in [5.74, 6) is 0.652. The molecular weight excluding hydrogens is 218 g/mol. The monoisotopic (exact) mass is 244 g/mol. The fourth-order valence-corrected chi connectivity index (χ4v) is 2.84. The summed E-state index contributed by atoms with van der Waals surface area (Å²) in [5, 5.41) is 0. The maximum Gasteiger partial charge on any atom is 0.0660 e. The quantitative estimate of drug-likeness (QED) is 0.503. The first kappa shape index (κ1) is 16.3. The molecule has 0 spiro atoms. The minimum Gasteiger partial charge on any atom is -0.370 e. The van der Waals surface area contributed by atoms with E-state index < -0.39 is 0 Å². The number of alkyl halides is 1. The Bertz CT molecular complexity index is 210. The first-order valence-corrected chi connectivity index (χ1v) is 6.53. The minimum atomic E-state index is -0.168. The summed E-state index contributed by atoms with van der Waals surface area (Å²) in [7, 11) is 5.85. The lowest BCUT2D eigenvalue weighted by molar-refractivity contribution is -0.129. The van der Waals surface area contributed by atoms with Crippen LogP contribution in [0.2, 0.25) is 6.32 Å². The lowest BCUT2D eigenvalue weighted by Gasteiger charge is -2.40. The smallest absolute Gasteiger partial charge is 0.0660 e. The molecule has 0 aliphatic heterocycles. The molecule has 0 aliphatic carbocycles. The van der Waals surface area contributed by atoms with Gasteiger partial charge >= 0.3 is 0 Å². The molecule has 0 N–H and O–H groups in total. The van der Waals surface area contributed by atoms with Crippen LogP contribution in [0, 0.1) is 5.41 Å². The van der Waals surface area contributed by atoms with Gasteiger partial charge in [-0.1, -0.05) is 13.2 Å². The second-order valence-corrected chi connectivity index (χ2v) is 6.98. The summed E-state index contributed by atoms with van der Waals surface area (Å²) in [4.78, 5) is 0. The van der Waals surface area contributed by atoms with Crippen molar-refractivity contribution in [1.29, 1.82) is 0 Å². The Kier molecular flexibility index (Phi) is 5.89. The average Bonchev–Trinajstić information content (AvgIpc) is 1.98. The summed E-state index contributed by atoms with van der Waals surface area (Å²) in [6.07, 6.45) is 2.51. The van der Waals surface area contributed by atoms with Crippen LogP contribution in [0.1, 0.15) is 54.4 Å². The van der Waals surface area contributed by atoms with Crippen LogP contribution in [0.25, 0.3) is 0 Å². The maximum atomic E-state index is 6.07. The molecule has 16 heavy (non-hydrogen) atoms. The highest BCUT2D eigenvalue weighted by atomic mass is 35.5. The Morgan fingerprint density at radius 3 is 1.88 bits per heavy atom. The van der Waals surface area contributed by atoms with Crippen LogP contribution >= 0.6 is 11.6 Å². The van der Waals surface area contributed by atoms with Crippen molar-refractivity contribution in [3.63, 3.8) is 0 Å². The van der Waals surface area contributed by atoms with Crippen molar-refractivity contribution in [3.05, 3.63) is 0 Å². The maximum absolute atomic E-state index is 6.07. The van der Waals surface area contributed by atoms with E-state index >= 15 is 0 Å². The molecule has 94 valence electrons. The zero-order valence-corrected chi connectivity index (χ0v) is 12.4. The molecule has 1 atom stereocenters. The topological polar surface area (TPSA) is 9.23 Å². The Morgan fingerprint density at radius 2 is 1.56 bits per heavy atom. The van der Waals surface area contributed by atoms with Gasteiger partial charge in [-0.3, -0.25) is 0 Å². The molecule has 0 rings (SSSR count). The van der Waals surface area contributed by atoms with Crippen molar-refractivity contribution in [2.45, 2.75) is 71.9 Å². The first-order chi connectivity index (χ1) is 7.04. The number of ether oxygens (including phenoxy) is 1. The third-order valence-corrected chi connectivity index (χ3v) is 2.81. The van der Waals surface area contributed by atoms with Crippen LogP contribution in [0.3, 0.4) is 0 Å². The standard InChI is InChI=1S/C13H26BClO/c1-11(2,3)16-12(4,5)9-13(6,10-14)7-8-15/h7-10H2,1-6H3. The van der Waals surface area contributed by atoms with Crippen molar-refractivity contribution < 1.29 is 4.74 Å². The zero-order chi connectivity index (χ0) is 13.0. The lowest BCUT2D eigenvalue weighted by Crippen LogP contribution is -2.39. The van der Waals surface area contributed by atoms with Crippen molar-refractivity contribution in [2.24, 2.45) is 5.41 Å². The summed E-state index contributed by atoms with van der Waals surface area (Å²) in [5.41, 5.74) is -0.227. The van der Waals surface area contributed by atoms with E-state index in [1.54, 1.807) is 0 Å². The van der Waals surface area contributed by atoms with Gasteiger partial charge in [0.2, 0.25) is 0 Å². The molecule has 0 aliphatic rings. The third kappa shape index (κ3) is 6.80. The fourth-order valence-electron chi connectivity index (χ4n) is 2.38. The second-order valence-electron chi connectivity index (χ2n) is 6.60. The van der Waals surface area contributed by atoms with E-state index in [0.29, 0.717) is 12.2 Å². The van der Waals surface area contributed by atoms with Gasteiger partial charge in [0.15, 0.2) is 0 Å². The number of halogens is 1. The molecule has 0 bridgehead atoms. The van der Waals surface area contributed by atoms with Gasteiger partial charge in [-0.15, -0.1) is 11.6 Å². The molecule has 0 aromatic rings. The second kappa shape index (κ2) is 5.77. The molecule has 0 fully saturated rings. The van der Waals surface area contributed by atoms with Gasteiger partial charge in [-0.2, -0.15) is 0 Å². The summed E-state index contributed by atoms with van der Waals surface area (Å²) < 4.78 is 6.07. The van der Waals surface area contributed by atoms with E-state index in [-0.39, 0.29) is 16.6 Å². The van der Waals surface area contributed by atoms with E-state index in [0.717, 1.165) is 12.8 Å². The number of rotatable bonds is 6. The minimum absolute atomic E-state index is 0.0660. The highest BCUT2D eigenvalue weighted by molar-refractivity contribution is 6.18. The largest absolute Gasteiger partial charge is 0.370 e. The molecular formula is C13H26BClO. The highest BCUT2D eigenvalue weighted by Crippen LogP contribution is 2.38. The van der Waals surface area contributed by atoms with E-state index in [9.17, 15) is 0 Å². The molecule has 0 heterocycles. The van der Waals surface area contributed by atoms with Gasteiger partial charge in [0, 0.05) is 5.88 Å². The van der Waals surface area contributed by atoms with Crippen molar-refractivity contribution in [1.82, 2.24) is 0 Å². The SMILES string of the molecule is [B]CC(C)(CCCl)CC(C)(C)OC(C)(C)C. The number of hydrogen-bond donors (Lipinski definition) is 0. The van der Waals surface area contributed by atoms with Crippen molar-refractivity contribution >= 4 is 19.4 Å². The molecule has 2 radical (unpaired) electrons. The molecule has 3 heteroatoms. The van der Waals surface area contributed by atoms with Crippen LogP contribution in [0.4, 0.5) is 0 Å². The van der Waals surface area contributed by atoms with Gasteiger partial charge in [-0.25, -0.2) is 0 Å². The summed E-state index contributed by atoms with van der Waals surface area (Å²) >= 11 is 5.83. The Morgan fingerprint density at radius 1 is 1.06 bits per heavy atom. The third-order valence-electron chi connectivity index (χ3n) is 2.63. The molecule has 0 aromatic heterocycles.